The number of aliphatic imine (C=N–C) groups is 1. The van der Waals surface area contributed by atoms with E-state index in [1.165, 1.54) is 0 Å². The molecule has 1 aliphatic rings. The highest BCUT2D eigenvalue weighted by Crippen LogP contribution is 2.31. The van der Waals surface area contributed by atoms with Gasteiger partial charge in [0.15, 0.2) is 17.5 Å². The summed E-state index contributed by atoms with van der Waals surface area (Å²) in [4.78, 5) is 4.66. The lowest BCUT2D eigenvalue weighted by atomic mass is 9.84. The van der Waals surface area contributed by atoms with Gasteiger partial charge in [-0.15, -0.1) is 24.0 Å². The van der Waals surface area contributed by atoms with E-state index in [9.17, 15) is 5.11 Å². The fourth-order valence-electron chi connectivity index (χ4n) is 3.18. The molecule has 0 aliphatic carbocycles. The Morgan fingerprint density at radius 1 is 1.24 bits per heavy atom. The third-order valence-electron chi connectivity index (χ3n) is 4.80. The van der Waals surface area contributed by atoms with E-state index in [2.05, 4.69) is 15.6 Å². The Morgan fingerprint density at radius 2 is 2.07 bits per heavy atom. The van der Waals surface area contributed by atoms with E-state index in [-0.39, 0.29) is 49.2 Å². The lowest BCUT2D eigenvalue weighted by molar-refractivity contribution is 0.127. The molecule has 8 nitrogen and oxygen atoms in total. The quantitative estimate of drug-likeness (QED) is 0.198. The summed E-state index contributed by atoms with van der Waals surface area (Å²) in [6, 6.07) is 5.64. The number of halogens is 1. The van der Waals surface area contributed by atoms with E-state index in [4.69, 9.17) is 19.3 Å². The first kappa shape index (κ1) is 25.7. The number of hydrogen-bond acceptors (Lipinski definition) is 6. The van der Waals surface area contributed by atoms with Crippen molar-refractivity contribution in [2.24, 2.45) is 10.4 Å². The van der Waals surface area contributed by atoms with Crippen molar-refractivity contribution >= 4 is 29.9 Å². The van der Waals surface area contributed by atoms with E-state index >= 15 is 0 Å². The highest BCUT2D eigenvalue weighted by atomic mass is 127. The number of benzene rings is 1. The first-order valence-corrected chi connectivity index (χ1v) is 9.77. The zero-order valence-electron chi connectivity index (χ0n) is 17.3. The molecule has 1 saturated heterocycles. The lowest BCUT2D eigenvalue weighted by Gasteiger charge is -2.27. The van der Waals surface area contributed by atoms with Crippen LogP contribution < -0.4 is 20.1 Å². The number of nitrogens with zero attached hydrogens (tertiary/aromatic N) is 1. The molecule has 1 aromatic rings. The first-order valence-electron chi connectivity index (χ1n) is 9.77. The van der Waals surface area contributed by atoms with Gasteiger partial charge in [0, 0.05) is 31.7 Å². The van der Waals surface area contributed by atoms with Crippen LogP contribution in [-0.4, -0.2) is 69.4 Å². The van der Waals surface area contributed by atoms with Gasteiger partial charge in [-0.1, -0.05) is 6.07 Å². The van der Waals surface area contributed by atoms with Gasteiger partial charge < -0.3 is 35.1 Å². The normalized spacial score (nSPS) is 18.8. The predicted molar refractivity (Wildman–Crippen MR) is 123 cm³/mol. The standard InChI is InChI=1S/C20H33N3O5.HI/c1-3-21-19(23-14-20(6-8-24)7-10-27-15-20)22-13-16-4-5-17(28-11-9-25)18(12-16)26-2;/h4-5,12,24-25H,3,6-11,13-15H2,1-2H3,(H2,21,22,23);1H. The fraction of sp³-hybridized carbons (Fsp3) is 0.650. The minimum absolute atomic E-state index is 0. The zero-order valence-corrected chi connectivity index (χ0v) is 19.6. The molecule has 1 aromatic carbocycles. The summed E-state index contributed by atoms with van der Waals surface area (Å²) >= 11 is 0. The zero-order chi connectivity index (χ0) is 20.2. The second kappa shape index (κ2) is 13.8. The number of aliphatic hydroxyl groups excluding tert-OH is 2. The van der Waals surface area contributed by atoms with Crippen LogP contribution in [0.5, 0.6) is 11.5 Å². The molecular weight excluding hydrogens is 489 g/mol. The first-order chi connectivity index (χ1) is 13.7. The summed E-state index contributed by atoms with van der Waals surface area (Å²) in [5, 5.41) is 24.9. The average molecular weight is 523 g/mol. The van der Waals surface area contributed by atoms with Crippen LogP contribution in [0.2, 0.25) is 0 Å². The molecule has 0 aromatic heterocycles. The van der Waals surface area contributed by atoms with Crippen molar-refractivity contribution in [3.63, 3.8) is 0 Å². The van der Waals surface area contributed by atoms with Crippen molar-refractivity contribution in [3.8, 4) is 11.5 Å². The second-order valence-corrected chi connectivity index (χ2v) is 6.88. The molecule has 1 atom stereocenters. The molecule has 9 heteroatoms. The summed E-state index contributed by atoms with van der Waals surface area (Å²) in [7, 11) is 1.59. The maximum Gasteiger partial charge on any atom is 0.191 e. The van der Waals surface area contributed by atoms with E-state index in [0.717, 1.165) is 31.1 Å². The second-order valence-electron chi connectivity index (χ2n) is 6.88. The number of rotatable bonds is 11. The molecular formula is C20H34IN3O5. The molecule has 0 spiro atoms. The largest absolute Gasteiger partial charge is 0.493 e. The number of methoxy groups -OCH3 is 1. The summed E-state index contributed by atoms with van der Waals surface area (Å²) in [6.45, 7) is 5.70. The Morgan fingerprint density at radius 3 is 2.69 bits per heavy atom. The Bertz CT molecular complexity index is 624. The lowest BCUT2D eigenvalue weighted by Crippen LogP contribution is -2.44. The predicted octanol–water partition coefficient (Wildman–Crippen LogP) is 1.53. The van der Waals surface area contributed by atoms with Gasteiger partial charge in [0.05, 0.1) is 26.9 Å². The molecule has 166 valence electrons. The van der Waals surface area contributed by atoms with E-state index < -0.39 is 0 Å². The Balaban J connectivity index is 0.00000420. The maximum absolute atomic E-state index is 9.37. The van der Waals surface area contributed by atoms with Crippen LogP contribution in [0.25, 0.3) is 0 Å². The fourth-order valence-corrected chi connectivity index (χ4v) is 3.18. The van der Waals surface area contributed by atoms with Gasteiger partial charge in [0.2, 0.25) is 0 Å². The number of nitrogens with one attached hydrogen (secondary N) is 2. The van der Waals surface area contributed by atoms with Crippen LogP contribution in [0.1, 0.15) is 25.3 Å². The van der Waals surface area contributed by atoms with Crippen LogP contribution in [0.4, 0.5) is 0 Å². The Hall–Kier alpha value is -1.30. The van der Waals surface area contributed by atoms with Crippen LogP contribution in [0.15, 0.2) is 23.2 Å². The van der Waals surface area contributed by atoms with Gasteiger partial charge in [0.1, 0.15) is 6.61 Å². The molecule has 1 heterocycles. The van der Waals surface area contributed by atoms with Crippen molar-refractivity contribution in [1.82, 2.24) is 10.6 Å². The Labute approximate surface area is 190 Å². The molecule has 2 rings (SSSR count). The molecule has 1 fully saturated rings. The van der Waals surface area contributed by atoms with Gasteiger partial charge in [-0.25, -0.2) is 4.99 Å². The van der Waals surface area contributed by atoms with Crippen molar-refractivity contribution in [2.75, 3.05) is 53.2 Å². The van der Waals surface area contributed by atoms with Crippen LogP contribution in [0, 0.1) is 5.41 Å². The number of ether oxygens (including phenoxy) is 3. The third-order valence-corrected chi connectivity index (χ3v) is 4.80. The van der Waals surface area contributed by atoms with Gasteiger partial charge in [-0.2, -0.15) is 0 Å². The molecule has 0 saturated carbocycles. The number of hydrogen-bond donors (Lipinski definition) is 4. The SMILES string of the molecule is CCNC(=NCc1ccc(OCCO)c(OC)c1)NCC1(CCO)CCOC1.I. The van der Waals surface area contributed by atoms with Crippen molar-refractivity contribution < 1.29 is 24.4 Å². The smallest absolute Gasteiger partial charge is 0.191 e. The van der Waals surface area contributed by atoms with Crippen LogP contribution >= 0.6 is 24.0 Å². The van der Waals surface area contributed by atoms with E-state index in [1.54, 1.807) is 7.11 Å². The summed E-state index contributed by atoms with van der Waals surface area (Å²) in [5.74, 6) is 1.94. The van der Waals surface area contributed by atoms with Gasteiger partial charge in [-0.3, -0.25) is 0 Å². The van der Waals surface area contributed by atoms with E-state index in [1.807, 2.05) is 25.1 Å². The number of guanidine groups is 1. The maximum atomic E-state index is 9.37. The van der Waals surface area contributed by atoms with Gasteiger partial charge in [-0.05, 0) is 37.5 Å². The monoisotopic (exact) mass is 523 g/mol. The summed E-state index contributed by atoms with van der Waals surface area (Å²) < 4.78 is 16.4. The summed E-state index contributed by atoms with van der Waals surface area (Å²) in [6.07, 6.45) is 1.65. The van der Waals surface area contributed by atoms with Crippen molar-refractivity contribution in [1.29, 1.82) is 0 Å². The molecule has 0 amide bonds. The molecule has 0 radical (unpaired) electrons. The molecule has 1 aliphatic heterocycles. The minimum Gasteiger partial charge on any atom is -0.493 e. The van der Waals surface area contributed by atoms with Gasteiger partial charge >= 0.3 is 0 Å². The van der Waals surface area contributed by atoms with Crippen molar-refractivity contribution in [3.05, 3.63) is 23.8 Å². The third kappa shape index (κ3) is 8.15. The molecule has 1 unspecified atom stereocenters. The molecule has 4 N–H and O–H groups in total. The van der Waals surface area contributed by atoms with Gasteiger partial charge in [0.25, 0.3) is 0 Å². The minimum atomic E-state index is -0.0459. The molecule has 29 heavy (non-hydrogen) atoms. The summed E-state index contributed by atoms with van der Waals surface area (Å²) in [5.41, 5.74) is 0.944. The number of aliphatic hydroxyl groups is 2. The highest BCUT2D eigenvalue weighted by molar-refractivity contribution is 14.0. The topological polar surface area (TPSA) is 105 Å². The van der Waals surface area contributed by atoms with E-state index in [0.29, 0.717) is 37.6 Å². The van der Waals surface area contributed by atoms with Crippen LogP contribution in [-0.2, 0) is 11.3 Å². The van der Waals surface area contributed by atoms with Crippen molar-refractivity contribution in [2.45, 2.75) is 26.3 Å². The highest BCUT2D eigenvalue weighted by Gasteiger charge is 2.34. The van der Waals surface area contributed by atoms with Crippen LogP contribution in [0.3, 0.4) is 0 Å². The average Bonchev–Trinajstić information content (AvgIpc) is 3.17. The Kier molecular flexibility index (Phi) is 12.3. The molecule has 0 bridgehead atoms.